The van der Waals surface area contributed by atoms with Crippen LogP contribution in [-0.2, 0) is 6.54 Å². The largest absolute Gasteiger partial charge is 0.471 e. The molecule has 0 bridgehead atoms. The van der Waals surface area contributed by atoms with E-state index in [0.717, 1.165) is 19.2 Å². The summed E-state index contributed by atoms with van der Waals surface area (Å²) in [5.41, 5.74) is 0.444. The molecule has 17 heavy (non-hydrogen) atoms. The first-order valence-corrected chi connectivity index (χ1v) is 5.39. The zero-order chi connectivity index (χ0) is 12.7. The molecule has 0 saturated heterocycles. The number of nitrogens with one attached hydrogen (secondary N) is 1. The Hall–Kier alpha value is -1.30. The van der Waals surface area contributed by atoms with Crippen LogP contribution in [-0.4, -0.2) is 24.6 Å². The highest BCUT2D eigenvalue weighted by molar-refractivity contribution is 5.26. The maximum absolute atomic E-state index is 13.0. The molecule has 1 rings (SSSR count). The van der Waals surface area contributed by atoms with Crippen LogP contribution in [0.4, 0.5) is 13.2 Å². The minimum absolute atomic E-state index is 0.0512. The van der Waals surface area contributed by atoms with Gasteiger partial charge in [0, 0.05) is 12.1 Å². The summed E-state index contributed by atoms with van der Waals surface area (Å²) < 4.78 is 41.8. The number of pyridine rings is 1. The number of nitrogens with zero attached hydrogens (tertiary/aromatic N) is 1. The Bertz CT molecular complexity index is 347. The number of hydrogen-bond donors (Lipinski definition) is 1. The van der Waals surface area contributed by atoms with Crippen molar-refractivity contribution in [3.63, 3.8) is 0 Å². The Labute approximate surface area is 98.0 Å². The van der Waals surface area contributed by atoms with E-state index in [2.05, 4.69) is 10.3 Å². The lowest BCUT2D eigenvalue weighted by Gasteiger charge is -2.10. The third-order valence-electron chi connectivity index (χ3n) is 1.98. The second-order valence-electron chi connectivity index (χ2n) is 3.50. The molecule has 1 aromatic heterocycles. The fourth-order valence-electron chi connectivity index (χ4n) is 1.27. The average molecular weight is 248 g/mol. The van der Waals surface area contributed by atoms with Gasteiger partial charge in [-0.1, -0.05) is 6.92 Å². The minimum atomic E-state index is -2.57. The molecule has 0 atom stereocenters. The summed E-state index contributed by atoms with van der Waals surface area (Å²) in [6.45, 7) is 2.35. The first-order chi connectivity index (χ1) is 8.13. The molecule has 1 N–H and O–H groups in total. The van der Waals surface area contributed by atoms with Crippen molar-refractivity contribution < 1.29 is 17.9 Å². The van der Waals surface area contributed by atoms with Crippen LogP contribution in [0.5, 0.6) is 5.88 Å². The number of hydrogen-bond acceptors (Lipinski definition) is 3. The van der Waals surface area contributed by atoms with Crippen LogP contribution >= 0.6 is 0 Å². The molecule has 0 fully saturated rings. The monoisotopic (exact) mass is 248 g/mol. The maximum Gasteiger partial charge on any atom is 0.272 e. The van der Waals surface area contributed by atoms with Gasteiger partial charge in [0.2, 0.25) is 5.88 Å². The molecule has 6 heteroatoms. The smallest absolute Gasteiger partial charge is 0.272 e. The van der Waals surface area contributed by atoms with Crippen LogP contribution in [0, 0.1) is 5.82 Å². The highest BCUT2D eigenvalue weighted by Gasteiger charge is 2.10. The number of aromatic nitrogens is 1. The van der Waals surface area contributed by atoms with Crippen molar-refractivity contribution in [2.75, 3.05) is 13.2 Å². The lowest BCUT2D eigenvalue weighted by Crippen LogP contribution is -2.16. The molecule has 1 heterocycles. The second-order valence-corrected chi connectivity index (χ2v) is 3.50. The lowest BCUT2D eigenvalue weighted by molar-refractivity contribution is 0.0789. The number of rotatable bonds is 7. The van der Waals surface area contributed by atoms with Gasteiger partial charge in [0.25, 0.3) is 6.43 Å². The molecule has 0 aliphatic carbocycles. The van der Waals surface area contributed by atoms with Gasteiger partial charge in [-0.25, -0.2) is 18.2 Å². The summed E-state index contributed by atoms with van der Waals surface area (Å²) in [7, 11) is 0. The van der Waals surface area contributed by atoms with Crippen molar-refractivity contribution in [2.24, 2.45) is 0 Å². The molecule has 0 radical (unpaired) electrons. The minimum Gasteiger partial charge on any atom is -0.471 e. The van der Waals surface area contributed by atoms with Crippen molar-refractivity contribution >= 4 is 0 Å². The van der Waals surface area contributed by atoms with E-state index in [0.29, 0.717) is 12.1 Å². The molecular formula is C11H15F3N2O. The van der Waals surface area contributed by atoms with Crippen LogP contribution < -0.4 is 10.1 Å². The average Bonchev–Trinajstić information content (AvgIpc) is 2.28. The van der Waals surface area contributed by atoms with Crippen LogP contribution in [0.3, 0.4) is 0 Å². The summed E-state index contributed by atoms with van der Waals surface area (Å²) in [6.07, 6.45) is -0.696. The Morgan fingerprint density at radius 2 is 2.24 bits per heavy atom. The van der Waals surface area contributed by atoms with Crippen LogP contribution in [0.25, 0.3) is 0 Å². The first-order valence-electron chi connectivity index (χ1n) is 5.39. The summed E-state index contributed by atoms with van der Waals surface area (Å²) in [6, 6.07) is 1.23. The highest BCUT2D eigenvalue weighted by atomic mass is 19.3. The molecule has 0 saturated carbocycles. The fraction of sp³-hybridized carbons (Fsp3) is 0.545. The van der Waals surface area contributed by atoms with Gasteiger partial charge in [0.15, 0.2) is 6.61 Å². The summed E-state index contributed by atoms with van der Waals surface area (Å²) in [5, 5.41) is 3.03. The molecule has 0 unspecified atom stereocenters. The van der Waals surface area contributed by atoms with Gasteiger partial charge in [-0.05, 0) is 19.0 Å². The maximum atomic E-state index is 13.0. The predicted octanol–water partition coefficient (Wildman–Crippen LogP) is 2.36. The van der Waals surface area contributed by atoms with E-state index < -0.39 is 18.8 Å². The normalized spacial score (nSPS) is 10.9. The van der Waals surface area contributed by atoms with Crippen molar-refractivity contribution in [3.8, 4) is 5.88 Å². The van der Waals surface area contributed by atoms with E-state index in [4.69, 9.17) is 4.74 Å². The van der Waals surface area contributed by atoms with E-state index in [1.165, 1.54) is 6.07 Å². The van der Waals surface area contributed by atoms with Crippen molar-refractivity contribution in [1.82, 2.24) is 10.3 Å². The molecule has 0 spiro atoms. The Morgan fingerprint density at radius 1 is 1.47 bits per heavy atom. The second kappa shape index (κ2) is 7.11. The summed E-state index contributed by atoms with van der Waals surface area (Å²) in [4.78, 5) is 3.66. The summed E-state index contributed by atoms with van der Waals surface area (Å²) in [5.74, 6) is -0.460. The Morgan fingerprint density at radius 3 is 2.88 bits per heavy atom. The van der Waals surface area contributed by atoms with E-state index >= 15 is 0 Å². The van der Waals surface area contributed by atoms with Gasteiger partial charge in [-0.15, -0.1) is 0 Å². The molecule has 96 valence electrons. The van der Waals surface area contributed by atoms with Gasteiger partial charge in [0.1, 0.15) is 5.82 Å². The van der Waals surface area contributed by atoms with E-state index in [1.54, 1.807) is 0 Å². The first kappa shape index (κ1) is 13.8. The quantitative estimate of drug-likeness (QED) is 0.752. The predicted molar refractivity (Wildman–Crippen MR) is 57.7 cm³/mol. The van der Waals surface area contributed by atoms with Gasteiger partial charge >= 0.3 is 0 Å². The lowest BCUT2D eigenvalue weighted by atomic mass is 10.2. The molecule has 0 aliphatic heterocycles. The van der Waals surface area contributed by atoms with E-state index in [1.807, 2.05) is 6.92 Å². The zero-order valence-corrected chi connectivity index (χ0v) is 9.55. The van der Waals surface area contributed by atoms with Crippen LogP contribution in [0.1, 0.15) is 18.9 Å². The topological polar surface area (TPSA) is 34.2 Å². The molecule has 1 aromatic rings. The SMILES string of the molecule is CCCNCc1cc(F)cnc1OCC(F)F. The third kappa shape index (κ3) is 5.04. The van der Waals surface area contributed by atoms with Crippen molar-refractivity contribution in [1.29, 1.82) is 0 Å². The van der Waals surface area contributed by atoms with Crippen molar-refractivity contribution in [3.05, 3.63) is 23.6 Å². The highest BCUT2D eigenvalue weighted by Crippen LogP contribution is 2.16. The van der Waals surface area contributed by atoms with Crippen molar-refractivity contribution in [2.45, 2.75) is 26.3 Å². The Balaban J connectivity index is 2.66. The number of ether oxygens (including phenoxy) is 1. The van der Waals surface area contributed by atoms with E-state index in [-0.39, 0.29) is 5.88 Å². The number of alkyl halides is 2. The van der Waals surface area contributed by atoms with Crippen LogP contribution in [0.15, 0.2) is 12.3 Å². The third-order valence-corrected chi connectivity index (χ3v) is 1.98. The standard InChI is InChI=1S/C11H15F3N2O/c1-2-3-15-5-8-4-9(12)6-16-11(8)17-7-10(13)14/h4,6,10,15H,2-3,5,7H2,1H3. The molecule has 0 aromatic carbocycles. The van der Waals surface area contributed by atoms with Gasteiger partial charge in [0.05, 0.1) is 6.20 Å². The molecule has 0 aliphatic rings. The number of halogens is 3. The van der Waals surface area contributed by atoms with Gasteiger partial charge < -0.3 is 10.1 Å². The molecular weight excluding hydrogens is 233 g/mol. The van der Waals surface area contributed by atoms with Gasteiger partial charge in [-0.2, -0.15) is 0 Å². The van der Waals surface area contributed by atoms with Gasteiger partial charge in [-0.3, -0.25) is 0 Å². The van der Waals surface area contributed by atoms with Crippen LogP contribution in [0.2, 0.25) is 0 Å². The molecule has 3 nitrogen and oxygen atoms in total. The Kier molecular flexibility index (Phi) is 5.76. The fourth-order valence-corrected chi connectivity index (χ4v) is 1.27. The zero-order valence-electron chi connectivity index (χ0n) is 9.55. The molecule has 0 amide bonds. The summed E-state index contributed by atoms with van der Waals surface area (Å²) >= 11 is 0. The van der Waals surface area contributed by atoms with E-state index in [9.17, 15) is 13.2 Å².